The largest absolute Gasteiger partial charge is 0.390 e. The van der Waals surface area contributed by atoms with E-state index in [2.05, 4.69) is 17.3 Å². The van der Waals surface area contributed by atoms with Crippen LogP contribution in [-0.2, 0) is 19.4 Å². The summed E-state index contributed by atoms with van der Waals surface area (Å²) in [4.78, 5) is 0. The average molecular weight is 302 g/mol. The van der Waals surface area contributed by atoms with Crippen LogP contribution in [0.15, 0.2) is 0 Å². The van der Waals surface area contributed by atoms with E-state index in [4.69, 9.17) is 11.6 Å². The summed E-state index contributed by atoms with van der Waals surface area (Å²) in [5, 5.41) is 19.1. The molecule has 0 fully saturated rings. The molecule has 5 heteroatoms. The molecule has 0 aromatic carbocycles. The van der Waals surface area contributed by atoms with Crippen molar-refractivity contribution in [2.75, 3.05) is 13.1 Å². The van der Waals surface area contributed by atoms with Crippen molar-refractivity contribution < 1.29 is 5.11 Å². The Morgan fingerprint density at radius 3 is 2.55 bits per heavy atom. The second kappa shape index (κ2) is 8.01. The van der Waals surface area contributed by atoms with E-state index in [1.807, 2.05) is 25.5 Å². The maximum atomic E-state index is 10.6. The standard InChI is InChI=1S/C15H28ClN3O/c1-5-9-17-10-8-15(4,20)11-13-14(16)12(6-2)18-19(13)7-3/h17,20H,5-11H2,1-4H3. The quantitative estimate of drug-likeness (QED) is 0.690. The van der Waals surface area contributed by atoms with Crippen LogP contribution in [0.4, 0.5) is 0 Å². The molecular weight excluding hydrogens is 274 g/mol. The molecule has 1 atom stereocenters. The first-order chi connectivity index (χ1) is 9.45. The number of aliphatic hydroxyl groups is 1. The molecule has 4 nitrogen and oxygen atoms in total. The summed E-state index contributed by atoms with van der Waals surface area (Å²) in [7, 11) is 0. The Hall–Kier alpha value is -0.580. The third-order valence-corrected chi connectivity index (χ3v) is 3.95. The Bertz CT molecular complexity index is 415. The van der Waals surface area contributed by atoms with Crippen LogP contribution in [-0.4, -0.2) is 33.6 Å². The molecule has 1 unspecified atom stereocenters. The van der Waals surface area contributed by atoms with E-state index in [1.54, 1.807) is 0 Å². The Kier molecular flexibility index (Phi) is 7.00. The Morgan fingerprint density at radius 1 is 1.30 bits per heavy atom. The number of nitrogens with one attached hydrogen (secondary N) is 1. The summed E-state index contributed by atoms with van der Waals surface area (Å²) in [6.45, 7) is 10.7. The zero-order valence-corrected chi connectivity index (χ0v) is 13.9. The highest BCUT2D eigenvalue weighted by Crippen LogP contribution is 2.26. The van der Waals surface area contributed by atoms with Crippen LogP contribution >= 0.6 is 11.6 Å². The van der Waals surface area contributed by atoms with Crippen LogP contribution in [0.5, 0.6) is 0 Å². The fourth-order valence-electron chi connectivity index (χ4n) is 2.29. The topological polar surface area (TPSA) is 50.1 Å². The zero-order chi connectivity index (χ0) is 15.2. The van der Waals surface area contributed by atoms with Gasteiger partial charge >= 0.3 is 0 Å². The van der Waals surface area contributed by atoms with E-state index in [0.29, 0.717) is 12.8 Å². The molecule has 0 aliphatic heterocycles. The minimum absolute atomic E-state index is 0.542. The Morgan fingerprint density at radius 2 is 2.00 bits per heavy atom. The van der Waals surface area contributed by atoms with Crippen molar-refractivity contribution in [3.8, 4) is 0 Å². The van der Waals surface area contributed by atoms with Crippen molar-refractivity contribution in [1.82, 2.24) is 15.1 Å². The number of halogens is 1. The number of aromatic nitrogens is 2. The number of hydrogen-bond donors (Lipinski definition) is 2. The molecule has 116 valence electrons. The highest BCUT2D eigenvalue weighted by atomic mass is 35.5. The lowest BCUT2D eigenvalue weighted by Crippen LogP contribution is -2.33. The number of aryl methyl sites for hydroxylation is 2. The molecule has 0 bridgehead atoms. The Balaban J connectivity index is 2.72. The van der Waals surface area contributed by atoms with Crippen LogP contribution < -0.4 is 5.32 Å². The first kappa shape index (κ1) is 17.5. The van der Waals surface area contributed by atoms with Crippen LogP contribution in [0.3, 0.4) is 0 Å². The number of hydrogen-bond acceptors (Lipinski definition) is 3. The van der Waals surface area contributed by atoms with E-state index in [-0.39, 0.29) is 0 Å². The van der Waals surface area contributed by atoms with Crippen molar-refractivity contribution in [1.29, 1.82) is 0 Å². The van der Waals surface area contributed by atoms with Gasteiger partial charge in [-0.25, -0.2) is 0 Å². The molecule has 1 rings (SSSR count). The molecule has 20 heavy (non-hydrogen) atoms. The molecule has 2 N–H and O–H groups in total. The van der Waals surface area contributed by atoms with Gasteiger partial charge in [-0.05, 0) is 46.2 Å². The molecule has 1 heterocycles. The highest BCUT2D eigenvalue weighted by Gasteiger charge is 2.25. The van der Waals surface area contributed by atoms with Gasteiger partial charge in [-0.3, -0.25) is 4.68 Å². The van der Waals surface area contributed by atoms with E-state index in [1.165, 1.54) is 0 Å². The molecular formula is C15H28ClN3O. The zero-order valence-electron chi connectivity index (χ0n) is 13.2. The number of nitrogens with zero attached hydrogens (tertiary/aromatic N) is 2. The summed E-state index contributed by atoms with van der Waals surface area (Å²) >= 11 is 6.39. The van der Waals surface area contributed by atoms with Gasteiger partial charge in [0.25, 0.3) is 0 Å². The van der Waals surface area contributed by atoms with Crippen molar-refractivity contribution in [3.63, 3.8) is 0 Å². The lowest BCUT2D eigenvalue weighted by Gasteiger charge is -2.24. The predicted octanol–water partition coefficient (Wildman–Crippen LogP) is 2.80. The van der Waals surface area contributed by atoms with Crippen molar-refractivity contribution in [3.05, 3.63) is 16.4 Å². The van der Waals surface area contributed by atoms with E-state index >= 15 is 0 Å². The minimum Gasteiger partial charge on any atom is -0.390 e. The number of rotatable bonds is 9. The lowest BCUT2D eigenvalue weighted by molar-refractivity contribution is 0.0495. The van der Waals surface area contributed by atoms with Gasteiger partial charge in [0.15, 0.2) is 0 Å². The molecule has 0 aliphatic carbocycles. The predicted molar refractivity (Wildman–Crippen MR) is 84.4 cm³/mol. The highest BCUT2D eigenvalue weighted by molar-refractivity contribution is 6.31. The SMILES string of the molecule is CCCNCCC(C)(O)Cc1c(Cl)c(CC)nn1CC. The molecule has 0 aliphatic rings. The third kappa shape index (κ3) is 4.76. The van der Waals surface area contributed by atoms with Gasteiger partial charge in [0, 0.05) is 13.0 Å². The fraction of sp³-hybridized carbons (Fsp3) is 0.800. The molecule has 1 aromatic rings. The van der Waals surface area contributed by atoms with E-state index in [0.717, 1.165) is 48.9 Å². The van der Waals surface area contributed by atoms with Crippen LogP contribution in [0.25, 0.3) is 0 Å². The second-order valence-electron chi connectivity index (χ2n) is 5.55. The fourth-order valence-corrected chi connectivity index (χ4v) is 2.63. The molecule has 0 spiro atoms. The lowest BCUT2D eigenvalue weighted by atomic mass is 9.95. The Labute approximate surface area is 127 Å². The first-order valence-corrected chi connectivity index (χ1v) is 8.00. The monoisotopic (exact) mass is 301 g/mol. The molecule has 0 radical (unpaired) electrons. The normalized spacial score (nSPS) is 14.5. The maximum absolute atomic E-state index is 10.6. The van der Waals surface area contributed by atoms with Gasteiger partial charge in [-0.15, -0.1) is 0 Å². The summed E-state index contributed by atoms with van der Waals surface area (Å²) in [6, 6.07) is 0. The maximum Gasteiger partial charge on any atom is 0.0850 e. The van der Waals surface area contributed by atoms with Gasteiger partial charge in [-0.2, -0.15) is 5.10 Å². The molecule has 1 aromatic heterocycles. The summed E-state index contributed by atoms with van der Waals surface area (Å²) in [5.41, 5.74) is 1.11. The van der Waals surface area contributed by atoms with Gasteiger partial charge in [0.1, 0.15) is 0 Å². The van der Waals surface area contributed by atoms with Crippen molar-refractivity contribution >= 4 is 11.6 Å². The van der Waals surface area contributed by atoms with Crippen molar-refractivity contribution in [2.45, 2.75) is 65.5 Å². The second-order valence-corrected chi connectivity index (χ2v) is 5.93. The molecule has 0 amide bonds. The van der Waals surface area contributed by atoms with Crippen LogP contribution in [0.2, 0.25) is 5.02 Å². The van der Waals surface area contributed by atoms with Gasteiger partial charge in [0.2, 0.25) is 0 Å². The molecule has 0 saturated carbocycles. The van der Waals surface area contributed by atoms with Crippen LogP contribution in [0, 0.1) is 0 Å². The van der Waals surface area contributed by atoms with Gasteiger partial charge < -0.3 is 10.4 Å². The van der Waals surface area contributed by atoms with Crippen LogP contribution in [0.1, 0.15) is 51.9 Å². The van der Waals surface area contributed by atoms with Gasteiger partial charge in [0.05, 0.1) is 22.0 Å². The minimum atomic E-state index is -0.762. The van der Waals surface area contributed by atoms with E-state index in [9.17, 15) is 5.11 Å². The summed E-state index contributed by atoms with van der Waals surface area (Å²) < 4.78 is 1.91. The first-order valence-electron chi connectivity index (χ1n) is 7.62. The van der Waals surface area contributed by atoms with E-state index < -0.39 is 5.60 Å². The smallest absolute Gasteiger partial charge is 0.0850 e. The average Bonchev–Trinajstić information content (AvgIpc) is 2.71. The van der Waals surface area contributed by atoms with Crippen molar-refractivity contribution in [2.24, 2.45) is 0 Å². The third-order valence-electron chi connectivity index (χ3n) is 3.51. The van der Waals surface area contributed by atoms with Gasteiger partial charge in [-0.1, -0.05) is 25.4 Å². The summed E-state index contributed by atoms with van der Waals surface area (Å²) in [6.07, 6.45) is 3.18. The summed E-state index contributed by atoms with van der Waals surface area (Å²) in [5.74, 6) is 0. The molecule has 0 saturated heterocycles.